The molecule has 0 aromatic rings. The molecule has 0 amide bonds. The van der Waals surface area contributed by atoms with Crippen molar-refractivity contribution in [2.45, 2.75) is 34.4 Å². The van der Waals surface area contributed by atoms with Crippen LogP contribution in [0.4, 0.5) is 0 Å². The summed E-state index contributed by atoms with van der Waals surface area (Å²) < 4.78 is 31.6. The molecule has 9 heteroatoms. The fourth-order valence-corrected chi connectivity index (χ4v) is 4.65. The molecule has 1 fully saturated rings. The normalized spacial score (nSPS) is 37.6. The number of hydrogen-bond acceptors (Lipinski definition) is 4. The van der Waals surface area contributed by atoms with Gasteiger partial charge in [0.2, 0.25) is 0 Å². The fraction of sp³-hybridized carbons (Fsp3) is 1.00. The number of aliphatic hydroxyl groups is 1. The number of hydrogen-bond donors (Lipinski definition) is 1. The topological polar surface area (TPSA) is 77.4 Å². The molecule has 4 nitrogen and oxygen atoms in total. The molecule has 3 atom stereocenters. The molecule has 1 aliphatic rings. The minimum atomic E-state index is -5.01. The predicted octanol–water partition coefficient (Wildman–Crippen LogP) is 2.24. The number of rotatable bonds is 2. The summed E-state index contributed by atoms with van der Waals surface area (Å²) in [6.45, 7) is 3.21. The zero-order valence-corrected chi connectivity index (χ0v) is 12.8. The van der Waals surface area contributed by atoms with Crippen molar-refractivity contribution in [2.24, 2.45) is 11.3 Å². The third kappa shape index (κ3) is 2.53. The SMILES string of the molecule is CC1(C)C(Cl)C(O)(S(=O)(=O)[O-])C1CC(Cl)(Cl)Cl. The van der Waals surface area contributed by atoms with Crippen molar-refractivity contribution in [1.29, 1.82) is 0 Å². The zero-order chi connectivity index (χ0) is 13.9. The number of alkyl halides is 4. The Hall–Kier alpha value is 1.03. The van der Waals surface area contributed by atoms with Crippen molar-refractivity contribution in [3.8, 4) is 0 Å². The van der Waals surface area contributed by atoms with Gasteiger partial charge in [-0.2, -0.15) is 0 Å². The summed E-state index contributed by atoms with van der Waals surface area (Å²) in [6, 6.07) is 0. The standard InChI is InChI=1S/C8H12Cl4O4S/c1-6(2)4(3-7(10,11)12)8(13,5(6)9)17(14,15)16/h4-5,13H,3H2,1-2H3,(H,14,15,16)/p-1. The smallest absolute Gasteiger partial charge is 0.191 e. The van der Waals surface area contributed by atoms with Gasteiger partial charge >= 0.3 is 0 Å². The minimum absolute atomic E-state index is 0.272. The maximum absolute atomic E-state index is 11.1. The van der Waals surface area contributed by atoms with Crippen molar-refractivity contribution >= 4 is 56.5 Å². The zero-order valence-electron chi connectivity index (χ0n) is 8.95. The van der Waals surface area contributed by atoms with Crippen molar-refractivity contribution in [2.75, 3.05) is 0 Å². The van der Waals surface area contributed by atoms with Gasteiger partial charge in [-0.1, -0.05) is 48.7 Å². The molecule has 0 aromatic heterocycles. The first-order valence-electron chi connectivity index (χ1n) is 4.63. The minimum Gasteiger partial charge on any atom is -0.746 e. The lowest BCUT2D eigenvalue weighted by Gasteiger charge is -2.62. The van der Waals surface area contributed by atoms with Crippen LogP contribution in [0.3, 0.4) is 0 Å². The van der Waals surface area contributed by atoms with Crippen LogP contribution in [0.15, 0.2) is 0 Å². The molecular weight excluding hydrogens is 334 g/mol. The van der Waals surface area contributed by atoms with Crippen LogP contribution < -0.4 is 0 Å². The van der Waals surface area contributed by atoms with Crippen molar-refractivity contribution in [3.05, 3.63) is 0 Å². The van der Waals surface area contributed by atoms with E-state index >= 15 is 0 Å². The fourth-order valence-electron chi connectivity index (χ4n) is 2.26. The van der Waals surface area contributed by atoms with Crippen LogP contribution in [0.5, 0.6) is 0 Å². The van der Waals surface area contributed by atoms with Crippen LogP contribution in [0.2, 0.25) is 0 Å². The Morgan fingerprint density at radius 2 is 1.76 bits per heavy atom. The highest BCUT2D eigenvalue weighted by Crippen LogP contribution is 2.62. The van der Waals surface area contributed by atoms with E-state index in [2.05, 4.69) is 0 Å². The highest BCUT2D eigenvalue weighted by Gasteiger charge is 2.70. The first kappa shape index (κ1) is 16.1. The molecule has 0 saturated heterocycles. The van der Waals surface area contributed by atoms with E-state index in [9.17, 15) is 18.1 Å². The summed E-state index contributed by atoms with van der Waals surface area (Å²) in [5.41, 5.74) is -0.822. The first-order chi connectivity index (χ1) is 7.24. The molecule has 0 heterocycles. The van der Waals surface area contributed by atoms with E-state index in [4.69, 9.17) is 46.4 Å². The Kier molecular flexibility index (Phi) is 4.04. The summed E-state index contributed by atoms with van der Waals surface area (Å²) in [5, 5.41) is 8.72. The molecule has 0 bridgehead atoms. The Labute approximate surface area is 120 Å². The number of halogens is 4. The second-order valence-corrected chi connectivity index (χ2v) is 9.28. The summed E-state index contributed by atoms with van der Waals surface area (Å²) in [7, 11) is -5.01. The Bertz CT molecular complexity index is 416. The maximum atomic E-state index is 11.1. The molecule has 17 heavy (non-hydrogen) atoms. The van der Waals surface area contributed by atoms with E-state index in [-0.39, 0.29) is 6.42 Å². The average molecular weight is 345 g/mol. The van der Waals surface area contributed by atoms with E-state index < -0.39 is 35.6 Å². The molecule has 1 N–H and O–H groups in total. The van der Waals surface area contributed by atoms with Crippen LogP contribution in [0, 0.1) is 11.3 Å². The Morgan fingerprint density at radius 1 is 1.35 bits per heavy atom. The van der Waals surface area contributed by atoms with Gasteiger partial charge < -0.3 is 9.66 Å². The summed E-state index contributed by atoms with van der Waals surface area (Å²) in [4.78, 5) is -2.60. The van der Waals surface area contributed by atoms with Crippen LogP contribution in [-0.2, 0) is 10.1 Å². The highest BCUT2D eigenvalue weighted by molar-refractivity contribution is 7.87. The average Bonchev–Trinajstić information content (AvgIpc) is 2.08. The molecule has 0 spiro atoms. The van der Waals surface area contributed by atoms with Gasteiger partial charge in [-0.05, 0) is 5.41 Å². The molecule has 0 radical (unpaired) electrons. The molecule has 102 valence electrons. The molecule has 1 aliphatic carbocycles. The predicted molar refractivity (Wildman–Crippen MR) is 66.5 cm³/mol. The van der Waals surface area contributed by atoms with Crippen LogP contribution >= 0.6 is 46.4 Å². The van der Waals surface area contributed by atoms with Crippen LogP contribution in [-0.4, -0.2) is 32.2 Å². The van der Waals surface area contributed by atoms with Gasteiger partial charge in [0.25, 0.3) is 0 Å². The third-order valence-electron chi connectivity index (χ3n) is 3.25. The van der Waals surface area contributed by atoms with E-state index in [1.54, 1.807) is 13.8 Å². The highest BCUT2D eigenvalue weighted by atomic mass is 35.6. The molecule has 1 saturated carbocycles. The van der Waals surface area contributed by atoms with Gasteiger partial charge in [0.05, 0.1) is 5.38 Å². The summed E-state index contributed by atoms with van der Waals surface area (Å²) in [6.07, 6.45) is -0.272. The quantitative estimate of drug-likeness (QED) is 0.615. The van der Waals surface area contributed by atoms with Gasteiger partial charge in [-0.15, -0.1) is 11.6 Å². The summed E-state index contributed by atoms with van der Waals surface area (Å²) >= 11 is 22.5. The second-order valence-electron chi connectivity index (χ2n) is 4.76. The molecule has 3 unspecified atom stereocenters. The van der Waals surface area contributed by atoms with Gasteiger partial charge in [0.1, 0.15) is 10.1 Å². The molecule has 0 aromatic carbocycles. The first-order valence-corrected chi connectivity index (χ1v) is 7.61. The maximum Gasteiger partial charge on any atom is 0.191 e. The van der Waals surface area contributed by atoms with E-state index in [0.717, 1.165) is 0 Å². The largest absolute Gasteiger partial charge is 0.746 e. The second kappa shape index (κ2) is 4.27. The lowest BCUT2D eigenvalue weighted by atomic mass is 9.58. The van der Waals surface area contributed by atoms with Crippen LogP contribution in [0.25, 0.3) is 0 Å². The lowest BCUT2D eigenvalue weighted by Crippen LogP contribution is -2.72. The van der Waals surface area contributed by atoms with Crippen molar-refractivity contribution in [3.63, 3.8) is 0 Å². The van der Waals surface area contributed by atoms with E-state index in [0.29, 0.717) is 0 Å². The van der Waals surface area contributed by atoms with Crippen LogP contribution in [0.1, 0.15) is 20.3 Å². The molecular formula is C8H11Cl4O4S-. The Balaban J connectivity index is 3.16. The summed E-state index contributed by atoms with van der Waals surface area (Å²) in [5.74, 6) is -1.03. The molecule has 1 rings (SSSR count). The lowest BCUT2D eigenvalue weighted by molar-refractivity contribution is -0.122. The van der Waals surface area contributed by atoms with Gasteiger partial charge in [-0.3, -0.25) is 0 Å². The van der Waals surface area contributed by atoms with Gasteiger partial charge in [0, 0.05) is 12.3 Å². The monoisotopic (exact) mass is 343 g/mol. The Morgan fingerprint density at radius 3 is 2.06 bits per heavy atom. The molecule has 0 aliphatic heterocycles. The van der Waals surface area contributed by atoms with Crippen molar-refractivity contribution < 1.29 is 18.1 Å². The van der Waals surface area contributed by atoms with Crippen molar-refractivity contribution in [1.82, 2.24) is 0 Å². The van der Waals surface area contributed by atoms with Gasteiger partial charge in [-0.25, -0.2) is 8.42 Å². The van der Waals surface area contributed by atoms with E-state index in [1.807, 2.05) is 0 Å². The third-order valence-corrected chi connectivity index (χ3v) is 6.06. The van der Waals surface area contributed by atoms with E-state index in [1.165, 1.54) is 0 Å². The van der Waals surface area contributed by atoms with Gasteiger partial charge in [0.15, 0.2) is 8.73 Å².